The van der Waals surface area contributed by atoms with Crippen molar-refractivity contribution in [2.24, 2.45) is 5.92 Å². The Morgan fingerprint density at radius 1 is 1.23 bits per heavy atom. The third-order valence-corrected chi connectivity index (χ3v) is 5.31. The maximum Gasteiger partial charge on any atom is 0.0620 e. The van der Waals surface area contributed by atoms with Gasteiger partial charge >= 0.3 is 0 Å². The Morgan fingerprint density at radius 3 is 2.59 bits per heavy atom. The fourth-order valence-electron chi connectivity index (χ4n) is 3.89. The number of hydrogen-bond acceptors (Lipinski definition) is 2. The third kappa shape index (κ3) is 4.82. The number of benzene rings is 1. The van der Waals surface area contributed by atoms with Crippen LogP contribution in [0.4, 0.5) is 0 Å². The molecule has 0 bridgehead atoms. The molecule has 1 saturated heterocycles. The minimum Gasteiger partial charge on any atom is -0.390 e. The summed E-state index contributed by atoms with van der Waals surface area (Å²) in [5.41, 5.74) is 0.901. The van der Waals surface area contributed by atoms with Crippen molar-refractivity contribution in [1.82, 2.24) is 4.90 Å². The second-order valence-electron chi connectivity index (χ2n) is 7.27. The molecule has 1 unspecified atom stereocenters. The first-order valence-electron chi connectivity index (χ1n) is 9.06. The summed E-state index contributed by atoms with van der Waals surface area (Å²) in [6, 6.07) is 11.4. The van der Waals surface area contributed by atoms with Crippen LogP contribution in [-0.2, 0) is 6.54 Å². The number of rotatable bonds is 7. The van der Waals surface area contributed by atoms with Gasteiger partial charge in [-0.25, -0.2) is 0 Å². The molecular formula is C20H33NO. The van der Waals surface area contributed by atoms with Crippen molar-refractivity contribution < 1.29 is 5.11 Å². The predicted octanol–water partition coefficient (Wildman–Crippen LogP) is 4.62. The van der Waals surface area contributed by atoms with Crippen molar-refractivity contribution in [3.63, 3.8) is 0 Å². The molecule has 3 atom stereocenters. The van der Waals surface area contributed by atoms with Crippen LogP contribution in [0.5, 0.6) is 0 Å². The summed E-state index contributed by atoms with van der Waals surface area (Å²) in [7, 11) is 0. The fraction of sp³-hybridized carbons (Fsp3) is 0.700. The molecule has 124 valence electrons. The number of piperidine rings is 1. The summed E-state index contributed by atoms with van der Waals surface area (Å²) in [5, 5.41) is 10.5. The van der Waals surface area contributed by atoms with Crippen LogP contribution in [0.2, 0.25) is 0 Å². The van der Waals surface area contributed by atoms with E-state index < -0.39 is 5.60 Å². The van der Waals surface area contributed by atoms with Crippen molar-refractivity contribution in [3.8, 4) is 0 Å². The van der Waals surface area contributed by atoms with Gasteiger partial charge in [0.25, 0.3) is 0 Å². The molecule has 0 aliphatic carbocycles. The van der Waals surface area contributed by atoms with Gasteiger partial charge in [-0.15, -0.1) is 0 Å². The first-order chi connectivity index (χ1) is 10.6. The van der Waals surface area contributed by atoms with Gasteiger partial charge in [0.2, 0.25) is 0 Å². The van der Waals surface area contributed by atoms with Crippen LogP contribution in [0.3, 0.4) is 0 Å². The molecule has 1 aromatic rings. The van der Waals surface area contributed by atoms with Crippen LogP contribution in [0.15, 0.2) is 30.3 Å². The molecule has 1 N–H and O–H groups in total. The molecule has 1 aromatic carbocycles. The minimum absolute atomic E-state index is 0.508. The zero-order valence-electron chi connectivity index (χ0n) is 14.6. The largest absolute Gasteiger partial charge is 0.390 e. The highest BCUT2D eigenvalue weighted by atomic mass is 16.3. The Kier molecular flexibility index (Phi) is 6.46. The molecule has 1 aliphatic rings. The number of hydrogen-bond donors (Lipinski definition) is 1. The zero-order chi connectivity index (χ0) is 16.0. The zero-order valence-corrected chi connectivity index (χ0v) is 14.6. The third-order valence-electron chi connectivity index (χ3n) is 5.31. The normalized spacial score (nSPS) is 25.8. The summed E-state index contributed by atoms with van der Waals surface area (Å²) in [5.74, 6) is 0.632. The molecule has 2 heteroatoms. The second kappa shape index (κ2) is 8.12. The predicted molar refractivity (Wildman–Crippen MR) is 93.8 cm³/mol. The summed E-state index contributed by atoms with van der Waals surface area (Å²) in [4.78, 5) is 2.67. The van der Waals surface area contributed by atoms with E-state index in [1.54, 1.807) is 0 Å². The molecule has 22 heavy (non-hydrogen) atoms. The van der Waals surface area contributed by atoms with E-state index in [4.69, 9.17) is 0 Å². The lowest BCUT2D eigenvalue weighted by Gasteiger charge is -2.44. The van der Waals surface area contributed by atoms with Gasteiger partial charge in [-0.3, -0.25) is 4.90 Å². The van der Waals surface area contributed by atoms with Crippen LogP contribution in [-0.4, -0.2) is 28.2 Å². The highest BCUT2D eigenvalue weighted by Gasteiger charge is 2.34. The van der Waals surface area contributed by atoms with E-state index in [0.29, 0.717) is 12.0 Å². The van der Waals surface area contributed by atoms with Crippen molar-refractivity contribution in [1.29, 1.82) is 0 Å². The SMILES string of the molecule is CCC[C@@H]1[C@@H](CC(C)(O)CC)CCCN1Cc1ccccc1. The maximum atomic E-state index is 10.5. The van der Waals surface area contributed by atoms with Gasteiger partial charge in [0, 0.05) is 12.6 Å². The topological polar surface area (TPSA) is 23.5 Å². The minimum atomic E-state index is -0.508. The van der Waals surface area contributed by atoms with E-state index in [-0.39, 0.29) is 0 Å². The Hall–Kier alpha value is -0.860. The Morgan fingerprint density at radius 2 is 1.95 bits per heavy atom. The number of likely N-dealkylation sites (tertiary alicyclic amines) is 1. The molecule has 0 amide bonds. The van der Waals surface area contributed by atoms with E-state index in [1.165, 1.54) is 37.8 Å². The van der Waals surface area contributed by atoms with Crippen LogP contribution in [0.25, 0.3) is 0 Å². The van der Waals surface area contributed by atoms with Gasteiger partial charge in [-0.05, 0) is 57.1 Å². The molecule has 1 heterocycles. The monoisotopic (exact) mass is 303 g/mol. The van der Waals surface area contributed by atoms with E-state index >= 15 is 0 Å². The Balaban J connectivity index is 2.08. The summed E-state index contributed by atoms with van der Waals surface area (Å²) < 4.78 is 0. The standard InChI is InChI=1S/C20H33NO/c1-4-10-19-18(15-20(3,22)5-2)13-9-14-21(19)16-17-11-7-6-8-12-17/h6-8,11-12,18-19,22H,4-5,9-10,13-16H2,1-3H3/t18-,19-,20?/m1/s1. The first-order valence-corrected chi connectivity index (χ1v) is 9.06. The van der Waals surface area contributed by atoms with E-state index in [2.05, 4.69) is 49.1 Å². The van der Waals surface area contributed by atoms with E-state index in [0.717, 1.165) is 19.4 Å². The van der Waals surface area contributed by atoms with Gasteiger partial charge in [0.05, 0.1) is 5.60 Å². The van der Waals surface area contributed by atoms with Gasteiger partial charge in [0.1, 0.15) is 0 Å². The Labute approximate surface area is 136 Å². The van der Waals surface area contributed by atoms with Gasteiger partial charge in [-0.2, -0.15) is 0 Å². The number of aliphatic hydroxyl groups is 1. The fourth-order valence-corrected chi connectivity index (χ4v) is 3.89. The van der Waals surface area contributed by atoms with Crippen molar-refractivity contribution in [3.05, 3.63) is 35.9 Å². The summed E-state index contributed by atoms with van der Waals surface area (Å²) in [6.45, 7) is 8.64. The van der Waals surface area contributed by atoms with Crippen LogP contribution in [0, 0.1) is 5.92 Å². The van der Waals surface area contributed by atoms with Crippen LogP contribution >= 0.6 is 0 Å². The second-order valence-corrected chi connectivity index (χ2v) is 7.27. The molecule has 0 spiro atoms. The number of nitrogens with zero attached hydrogens (tertiary/aromatic N) is 1. The molecule has 1 aliphatic heterocycles. The quantitative estimate of drug-likeness (QED) is 0.794. The van der Waals surface area contributed by atoms with Crippen molar-refractivity contribution in [2.45, 2.75) is 77.5 Å². The molecule has 0 aromatic heterocycles. The highest BCUT2D eigenvalue weighted by Crippen LogP contribution is 2.34. The lowest BCUT2D eigenvalue weighted by atomic mass is 9.78. The first kappa shape index (κ1) is 17.5. The average molecular weight is 303 g/mol. The summed E-state index contributed by atoms with van der Waals surface area (Å²) >= 11 is 0. The average Bonchev–Trinajstić information content (AvgIpc) is 2.51. The van der Waals surface area contributed by atoms with E-state index in [9.17, 15) is 5.11 Å². The smallest absolute Gasteiger partial charge is 0.0620 e. The lowest BCUT2D eigenvalue weighted by molar-refractivity contribution is -0.00978. The van der Waals surface area contributed by atoms with Crippen molar-refractivity contribution in [2.75, 3.05) is 6.54 Å². The lowest BCUT2D eigenvalue weighted by Crippen LogP contribution is -2.47. The van der Waals surface area contributed by atoms with Gasteiger partial charge in [-0.1, -0.05) is 50.6 Å². The molecule has 2 nitrogen and oxygen atoms in total. The summed E-state index contributed by atoms with van der Waals surface area (Å²) in [6.07, 6.45) is 6.79. The van der Waals surface area contributed by atoms with Gasteiger partial charge in [0.15, 0.2) is 0 Å². The highest BCUT2D eigenvalue weighted by molar-refractivity contribution is 5.14. The molecule has 0 saturated carbocycles. The maximum absolute atomic E-state index is 10.5. The van der Waals surface area contributed by atoms with E-state index in [1.807, 2.05) is 6.92 Å². The van der Waals surface area contributed by atoms with Crippen LogP contribution < -0.4 is 0 Å². The van der Waals surface area contributed by atoms with Crippen LogP contribution in [0.1, 0.15) is 64.9 Å². The Bertz CT molecular complexity index is 429. The molecule has 0 radical (unpaired) electrons. The molecule has 2 rings (SSSR count). The van der Waals surface area contributed by atoms with Gasteiger partial charge < -0.3 is 5.11 Å². The molecular weight excluding hydrogens is 270 g/mol. The molecule has 1 fully saturated rings. The van der Waals surface area contributed by atoms with Crippen molar-refractivity contribution >= 4 is 0 Å².